The molecule has 0 fully saturated rings. The Morgan fingerprint density at radius 3 is 2.56 bits per heavy atom. The van der Waals surface area contributed by atoms with E-state index in [-0.39, 0.29) is 29.2 Å². The highest BCUT2D eigenvalue weighted by Gasteiger charge is 2.19. The van der Waals surface area contributed by atoms with Gasteiger partial charge in [0, 0.05) is 18.2 Å². The van der Waals surface area contributed by atoms with E-state index in [9.17, 15) is 13.6 Å². The van der Waals surface area contributed by atoms with Crippen LogP contribution in [0.2, 0.25) is 0 Å². The van der Waals surface area contributed by atoms with Gasteiger partial charge in [0.1, 0.15) is 17.2 Å². The molecule has 1 aromatic carbocycles. The Kier molecular flexibility index (Phi) is 5.00. The summed E-state index contributed by atoms with van der Waals surface area (Å²) in [7, 11) is 0. The maximum atomic E-state index is 14.4. The topological polar surface area (TPSA) is 46.9 Å². The number of hydrogen-bond donors (Lipinski definition) is 1. The number of halogens is 2. The van der Waals surface area contributed by atoms with Crippen LogP contribution in [0.15, 0.2) is 36.5 Å². The summed E-state index contributed by atoms with van der Waals surface area (Å²) in [6, 6.07) is 8.17. The van der Waals surface area contributed by atoms with E-state index in [2.05, 4.69) is 10.3 Å². The second-order valence-electron chi connectivity index (χ2n) is 8.00. The van der Waals surface area contributed by atoms with Crippen molar-refractivity contribution in [2.45, 2.75) is 40.7 Å². The highest BCUT2D eigenvalue weighted by atomic mass is 19.1. The van der Waals surface area contributed by atoms with Crippen LogP contribution in [0.5, 0.6) is 0 Å². The summed E-state index contributed by atoms with van der Waals surface area (Å²) >= 11 is 0. The Bertz CT molecular complexity index is 1000. The second kappa shape index (κ2) is 7.10. The molecule has 2 heterocycles. The van der Waals surface area contributed by atoms with Crippen molar-refractivity contribution in [3.63, 3.8) is 0 Å². The van der Waals surface area contributed by atoms with Crippen LogP contribution in [-0.4, -0.2) is 15.5 Å². The molecular formula is C21H23F2N3O. The van der Waals surface area contributed by atoms with Crippen LogP contribution in [-0.2, 0) is 11.3 Å². The van der Waals surface area contributed by atoms with Crippen molar-refractivity contribution in [3.05, 3.63) is 59.3 Å². The van der Waals surface area contributed by atoms with Gasteiger partial charge in [0.05, 0.1) is 12.1 Å². The molecule has 6 heteroatoms. The van der Waals surface area contributed by atoms with Crippen LogP contribution < -0.4 is 5.32 Å². The maximum absolute atomic E-state index is 14.4. The maximum Gasteiger partial charge on any atom is 0.226 e. The zero-order valence-electron chi connectivity index (χ0n) is 15.9. The first-order valence-corrected chi connectivity index (χ1v) is 8.83. The fourth-order valence-corrected chi connectivity index (χ4v) is 2.99. The largest absolute Gasteiger partial charge is 0.339 e. The van der Waals surface area contributed by atoms with E-state index in [1.165, 1.54) is 12.3 Å². The van der Waals surface area contributed by atoms with Gasteiger partial charge in [0.2, 0.25) is 5.91 Å². The first-order chi connectivity index (χ1) is 12.6. The zero-order valence-corrected chi connectivity index (χ0v) is 15.9. The van der Waals surface area contributed by atoms with E-state index in [4.69, 9.17) is 0 Å². The monoisotopic (exact) mass is 371 g/mol. The SMILES string of the molecule is Cc1cc2c(nc1NC(=O)CC(C)(C)C)c(F)cn2Cc1ccccc1F. The molecule has 1 amide bonds. The molecule has 0 radical (unpaired) electrons. The van der Waals surface area contributed by atoms with E-state index < -0.39 is 5.82 Å². The van der Waals surface area contributed by atoms with Gasteiger partial charge in [-0.1, -0.05) is 39.0 Å². The molecule has 0 aliphatic rings. The smallest absolute Gasteiger partial charge is 0.226 e. The Labute approximate surface area is 157 Å². The predicted molar refractivity (Wildman–Crippen MR) is 103 cm³/mol. The molecule has 27 heavy (non-hydrogen) atoms. The number of nitrogens with one attached hydrogen (secondary N) is 1. The van der Waals surface area contributed by atoms with Gasteiger partial charge in [0.15, 0.2) is 5.82 Å². The minimum Gasteiger partial charge on any atom is -0.339 e. The van der Waals surface area contributed by atoms with Gasteiger partial charge in [0.25, 0.3) is 0 Å². The van der Waals surface area contributed by atoms with Gasteiger partial charge < -0.3 is 9.88 Å². The summed E-state index contributed by atoms with van der Waals surface area (Å²) in [6.07, 6.45) is 1.65. The van der Waals surface area contributed by atoms with Gasteiger partial charge >= 0.3 is 0 Å². The van der Waals surface area contributed by atoms with Gasteiger partial charge in [-0.15, -0.1) is 0 Å². The first kappa shape index (κ1) is 19.0. The molecule has 0 aliphatic carbocycles. The summed E-state index contributed by atoms with van der Waals surface area (Å²) < 4.78 is 30.0. The standard InChI is InChI=1S/C21H23F2N3O/c1-13-9-17-19(25-20(13)24-18(27)10-21(2,3)4)16(23)12-26(17)11-14-7-5-6-8-15(14)22/h5-9,12H,10-11H2,1-4H3,(H,24,25,27). The summed E-state index contributed by atoms with van der Waals surface area (Å²) in [5.41, 5.74) is 1.74. The van der Waals surface area contributed by atoms with Crippen molar-refractivity contribution in [3.8, 4) is 0 Å². The van der Waals surface area contributed by atoms with Crippen molar-refractivity contribution in [1.29, 1.82) is 0 Å². The van der Waals surface area contributed by atoms with E-state index in [1.54, 1.807) is 35.8 Å². The van der Waals surface area contributed by atoms with E-state index >= 15 is 0 Å². The number of carbonyl (C=O) groups excluding carboxylic acids is 1. The minimum atomic E-state index is -0.507. The number of aromatic nitrogens is 2. The highest BCUT2D eigenvalue weighted by molar-refractivity contribution is 5.92. The predicted octanol–water partition coefficient (Wildman–Crippen LogP) is 5.05. The number of hydrogen-bond acceptors (Lipinski definition) is 2. The lowest BCUT2D eigenvalue weighted by atomic mass is 9.92. The van der Waals surface area contributed by atoms with Crippen molar-refractivity contribution in [1.82, 2.24) is 9.55 Å². The molecule has 0 spiro atoms. The number of fused-ring (bicyclic) bond motifs is 1. The van der Waals surface area contributed by atoms with Crippen LogP contribution in [0.25, 0.3) is 11.0 Å². The summed E-state index contributed by atoms with van der Waals surface area (Å²) in [6.45, 7) is 7.91. The molecule has 0 bridgehead atoms. The molecule has 4 nitrogen and oxygen atoms in total. The molecule has 3 rings (SSSR count). The lowest BCUT2D eigenvalue weighted by molar-refractivity contribution is -0.117. The first-order valence-electron chi connectivity index (χ1n) is 8.83. The number of pyridine rings is 1. The molecule has 0 saturated heterocycles. The lowest BCUT2D eigenvalue weighted by Gasteiger charge is -2.17. The third-order valence-corrected chi connectivity index (χ3v) is 4.25. The van der Waals surface area contributed by atoms with Crippen molar-refractivity contribution >= 4 is 22.8 Å². The summed E-state index contributed by atoms with van der Waals surface area (Å²) in [5, 5.41) is 2.77. The van der Waals surface area contributed by atoms with Gasteiger partial charge in [-0.3, -0.25) is 4.79 Å². The zero-order chi connectivity index (χ0) is 19.8. The average Bonchev–Trinajstić information content (AvgIpc) is 2.84. The van der Waals surface area contributed by atoms with Gasteiger partial charge in [-0.05, 0) is 30.0 Å². The number of anilines is 1. The molecule has 0 saturated carbocycles. The molecule has 2 aromatic heterocycles. The Hall–Kier alpha value is -2.76. The molecule has 0 aliphatic heterocycles. The fraction of sp³-hybridized carbons (Fsp3) is 0.333. The minimum absolute atomic E-state index is 0.156. The number of amides is 1. The Morgan fingerprint density at radius 1 is 1.19 bits per heavy atom. The number of carbonyl (C=O) groups is 1. The molecule has 0 atom stereocenters. The average molecular weight is 371 g/mol. The molecule has 3 aromatic rings. The quantitative estimate of drug-likeness (QED) is 0.698. The molecule has 1 N–H and O–H groups in total. The summed E-state index contributed by atoms with van der Waals surface area (Å²) in [4.78, 5) is 16.5. The van der Waals surface area contributed by atoms with Crippen molar-refractivity contribution in [2.75, 3.05) is 5.32 Å². The molecule has 0 unspecified atom stereocenters. The highest BCUT2D eigenvalue weighted by Crippen LogP contribution is 2.26. The number of aryl methyl sites for hydroxylation is 1. The van der Waals surface area contributed by atoms with E-state index in [0.717, 1.165) is 5.56 Å². The van der Waals surface area contributed by atoms with Crippen LogP contribution in [0.1, 0.15) is 38.3 Å². The van der Waals surface area contributed by atoms with Crippen LogP contribution in [0.4, 0.5) is 14.6 Å². The number of rotatable bonds is 4. The Balaban J connectivity index is 1.94. The van der Waals surface area contributed by atoms with E-state index in [1.807, 2.05) is 20.8 Å². The third kappa shape index (κ3) is 4.32. The molecule has 142 valence electrons. The summed E-state index contributed by atoms with van der Waals surface area (Å²) in [5.74, 6) is -0.661. The third-order valence-electron chi connectivity index (χ3n) is 4.25. The number of nitrogens with zero attached hydrogens (tertiary/aromatic N) is 2. The normalized spacial score (nSPS) is 11.8. The fourth-order valence-electron chi connectivity index (χ4n) is 2.99. The van der Waals surface area contributed by atoms with Crippen LogP contribution in [0, 0.1) is 24.0 Å². The van der Waals surface area contributed by atoms with Gasteiger partial charge in [-0.25, -0.2) is 13.8 Å². The van der Waals surface area contributed by atoms with E-state index in [0.29, 0.717) is 23.3 Å². The second-order valence-corrected chi connectivity index (χ2v) is 8.00. The molecular weight excluding hydrogens is 348 g/mol. The van der Waals surface area contributed by atoms with Crippen molar-refractivity contribution < 1.29 is 13.6 Å². The van der Waals surface area contributed by atoms with Crippen LogP contribution in [0.3, 0.4) is 0 Å². The van der Waals surface area contributed by atoms with Gasteiger partial charge in [-0.2, -0.15) is 0 Å². The number of benzene rings is 1. The van der Waals surface area contributed by atoms with Crippen LogP contribution >= 0.6 is 0 Å². The Morgan fingerprint density at radius 2 is 1.89 bits per heavy atom. The lowest BCUT2D eigenvalue weighted by Crippen LogP contribution is -2.20. The van der Waals surface area contributed by atoms with Crippen molar-refractivity contribution in [2.24, 2.45) is 5.41 Å².